The van der Waals surface area contributed by atoms with Crippen molar-refractivity contribution in [1.82, 2.24) is 0 Å². The van der Waals surface area contributed by atoms with Crippen LogP contribution in [0.1, 0.15) is 29.3 Å². The van der Waals surface area contributed by atoms with Crippen molar-refractivity contribution in [2.45, 2.75) is 25.6 Å². The third-order valence-corrected chi connectivity index (χ3v) is 3.52. The van der Waals surface area contributed by atoms with Gasteiger partial charge in [0.25, 0.3) is 0 Å². The molecule has 1 aromatic carbocycles. The largest absolute Gasteiger partial charge is 0.478 e. The SMILES string of the molecule is CCC(CSC)Nc1ccc(C(=O)O)c(C(F)(F)F)c1. The summed E-state index contributed by atoms with van der Waals surface area (Å²) in [5.74, 6) is -0.821. The summed E-state index contributed by atoms with van der Waals surface area (Å²) in [4.78, 5) is 10.8. The van der Waals surface area contributed by atoms with Gasteiger partial charge in [0.1, 0.15) is 0 Å². The first-order valence-corrected chi connectivity index (χ1v) is 7.39. The van der Waals surface area contributed by atoms with Gasteiger partial charge in [0.15, 0.2) is 0 Å². The molecule has 112 valence electrons. The summed E-state index contributed by atoms with van der Waals surface area (Å²) in [5, 5.41) is 11.8. The second-order valence-electron chi connectivity index (χ2n) is 4.27. The molecule has 1 unspecified atom stereocenters. The zero-order chi connectivity index (χ0) is 15.3. The second kappa shape index (κ2) is 6.88. The zero-order valence-electron chi connectivity index (χ0n) is 11.1. The first kappa shape index (κ1) is 16.7. The second-order valence-corrected chi connectivity index (χ2v) is 5.18. The smallest absolute Gasteiger partial charge is 0.417 e. The van der Waals surface area contributed by atoms with Gasteiger partial charge in [-0.3, -0.25) is 0 Å². The summed E-state index contributed by atoms with van der Waals surface area (Å²) in [7, 11) is 0. The third-order valence-electron chi connectivity index (χ3n) is 2.79. The molecule has 1 rings (SSSR count). The molecule has 0 aliphatic heterocycles. The number of hydrogen-bond donors (Lipinski definition) is 2. The van der Waals surface area contributed by atoms with E-state index in [1.165, 1.54) is 6.07 Å². The van der Waals surface area contributed by atoms with Crippen molar-refractivity contribution < 1.29 is 23.1 Å². The topological polar surface area (TPSA) is 49.3 Å². The summed E-state index contributed by atoms with van der Waals surface area (Å²) in [5.41, 5.74) is -1.59. The Morgan fingerprint density at radius 1 is 1.45 bits per heavy atom. The maximum Gasteiger partial charge on any atom is 0.417 e. The zero-order valence-corrected chi connectivity index (χ0v) is 11.9. The number of carboxylic acids is 1. The molecule has 3 nitrogen and oxygen atoms in total. The molecule has 0 amide bonds. The van der Waals surface area contributed by atoms with Crippen LogP contribution in [0.4, 0.5) is 18.9 Å². The molecular formula is C13H16F3NO2S. The van der Waals surface area contributed by atoms with Crippen LogP contribution in [0.15, 0.2) is 18.2 Å². The number of anilines is 1. The van der Waals surface area contributed by atoms with Gasteiger partial charge in [-0.05, 0) is 30.9 Å². The van der Waals surface area contributed by atoms with Crippen molar-refractivity contribution in [2.24, 2.45) is 0 Å². The molecule has 0 fully saturated rings. The molecule has 0 aromatic heterocycles. The van der Waals surface area contributed by atoms with Crippen LogP contribution in [0.5, 0.6) is 0 Å². The highest BCUT2D eigenvalue weighted by Gasteiger charge is 2.35. The highest BCUT2D eigenvalue weighted by molar-refractivity contribution is 7.98. The fourth-order valence-electron chi connectivity index (χ4n) is 1.75. The number of rotatable bonds is 6. The van der Waals surface area contributed by atoms with E-state index in [0.29, 0.717) is 0 Å². The van der Waals surface area contributed by atoms with E-state index >= 15 is 0 Å². The Kier molecular flexibility index (Phi) is 5.74. The number of benzene rings is 1. The lowest BCUT2D eigenvalue weighted by Gasteiger charge is -2.19. The first-order valence-electron chi connectivity index (χ1n) is 5.99. The molecule has 0 bridgehead atoms. The monoisotopic (exact) mass is 307 g/mol. The van der Waals surface area contributed by atoms with E-state index in [-0.39, 0.29) is 11.7 Å². The normalized spacial score (nSPS) is 13.1. The molecule has 0 radical (unpaired) electrons. The Labute approximate surface area is 119 Å². The molecule has 1 atom stereocenters. The highest BCUT2D eigenvalue weighted by atomic mass is 32.2. The highest BCUT2D eigenvalue weighted by Crippen LogP contribution is 2.34. The Morgan fingerprint density at radius 2 is 2.10 bits per heavy atom. The summed E-state index contributed by atoms with van der Waals surface area (Å²) < 4.78 is 38.6. The predicted molar refractivity (Wildman–Crippen MR) is 74.5 cm³/mol. The van der Waals surface area contributed by atoms with Gasteiger partial charge in [-0.2, -0.15) is 24.9 Å². The van der Waals surface area contributed by atoms with E-state index in [2.05, 4.69) is 5.32 Å². The number of alkyl halides is 3. The number of nitrogens with one attached hydrogen (secondary N) is 1. The molecule has 0 saturated heterocycles. The lowest BCUT2D eigenvalue weighted by molar-refractivity contribution is -0.138. The van der Waals surface area contributed by atoms with Crippen molar-refractivity contribution in [3.05, 3.63) is 29.3 Å². The summed E-state index contributed by atoms with van der Waals surface area (Å²) >= 11 is 1.59. The maximum atomic E-state index is 12.9. The van der Waals surface area contributed by atoms with Gasteiger partial charge in [-0.1, -0.05) is 6.92 Å². The van der Waals surface area contributed by atoms with Crippen molar-refractivity contribution >= 4 is 23.4 Å². The van der Waals surface area contributed by atoms with E-state index in [0.717, 1.165) is 24.3 Å². The summed E-state index contributed by atoms with van der Waals surface area (Å²) in [6.07, 6.45) is -2.01. The van der Waals surface area contributed by atoms with Crippen molar-refractivity contribution in [1.29, 1.82) is 0 Å². The van der Waals surface area contributed by atoms with E-state index in [9.17, 15) is 18.0 Å². The number of thioether (sulfide) groups is 1. The van der Waals surface area contributed by atoms with E-state index < -0.39 is 23.3 Å². The van der Waals surface area contributed by atoms with Crippen LogP contribution >= 0.6 is 11.8 Å². The van der Waals surface area contributed by atoms with Gasteiger partial charge in [0, 0.05) is 17.5 Å². The lowest BCUT2D eigenvalue weighted by Crippen LogP contribution is -2.22. The molecule has 7 heteroatoms. The predicted octanol–water partition coefficient (Wildman–Crippen LogP) is 3.96. The quantitative estimate of drug-likeness (QED) is 0.835. The van der Waals surface area contributed by atoms with E-state index in [4.69, 9.17) is 5.11 Å². The van der Waals surface area contributed by atoms with Crippen molar-refractivity contribution in [3.63, 3.8) is 0 Å². The molecule has 20 heavy (non-hydrogen) atoms. The minimum Gasteiger partial charge on any atom is -0.478 e. The number of carboxylic acid groups (broad SMARTS) is 1. The van der Waals surface area contributed by atoms with Crippen LogP contribution in [-0.4, -0.2) is 29.1 Å². The number of halogens is 3. The average Bonchev–Trinajstić information content (AvgIpc) is 2.36. The fourth-order valence-corrected chi connectivity index (χ4v) is 2.47. The van der Waals surface area contributed by atoms with Crippen LogP contribution in [0.2, 0.25) is 0 Å². The van der Waals surface area contributed by atoms with Crippen LogP contribution in [0, 0.1) is 0 Å². The van der Waals surface area contributed by atoms with Crippen molar-refractivity contribution in [2.75, 3.05) is 17.3 Å². The molecule has 0 heterocycles. The Balaban J connectivity index is 3.10. The van der Waals surface area contributed by atoms with Gasteiger partial charge in [-0.15, -0.1) is 0 Å². The maximum absolute atomic E-state index is 12.9. The Morgan fingerprint density at radius 3 is 2.55 bits per heavy atom. The Bertz CT molecular complexity index is 477. The minimum absolute atomic E-state index is 0.0433. The van der Waals surface area contributed by atoms with E-state index in [1.54, 1.807) is 11.8 Å². The molecule has 0 spiro atoms. The number of hydrogen-bond acceptors (Lipinski definition) is 3. The van der Waals surface area contributed by atoms with Gasteiger partial charge in [0.2, 0.25) is 0 Å². The van der Waals surface area contributed by atoms with Gasteiger partial charge in [-0.25, -0.2) is 4.79 Å². The van der Waals surface area contributed by atoms with Crippen LogP contribution in [0.3, 0.4) is 0 Å². The minimum atomic E-state index is -4.69. The fraction of sp³-hybridized carbons (Fsp3) is 0.462. The molecular weight excluding hydrogens is 291 g/mol. The van der Waals surface area contributed by atoms with Crippen LogP contribution < -0.4 is 5.32 Å². The lowest BCUT2D eigenvalue weighted by atomic mass is 10.1. The molecule has 0 aliphatic rings. The van der Waals surface area contributed by atoms with Gasteiger partial charge >= 0.3 is 12.1 Å². The van der Waals surface area contributed by atoms with E-state index in [1.807, 2.05) is 13.2 Å². The number of carbonyl (C=O) groups is 1. The average molecular weight is 307 g/mol. The Hall–Kier alpha value is -1.37. The number of aromatic carboxylic acids is 1. The van der Waals surface area contributed by atoms with Crippen LogP contribution in [0.25, 0.3) is 0 Å². The van der Waals surface area contributed by atoms with Gasteiger partial charge in [0.05, 0.1) is 11.1 Å². The van der Waals surface area contributed by atoms with Crippen LogP contribution in [-0.2, 0) is 6.18 Å². The molecule has 0 aliphatic carbocycles. The third kappa shape index (κ3) is 4.33. The molecule has 0 saturated carbocycles. The summed E-state index contributed by atoms with van der Waals surface area (Å²) in [6.45, 7) is 1.93. The molecule has 1 aromatic rings. The molecule has 2 N–H and O–H groups in total. The van der Waals surface area contributed by atoms with Crippen molar-refractivity contribution in [3.8, 4) is 0 Å². The first-order chi connectivity index (χ1) is 9.29. The standard InChI is InChI=1S/C13H16F3NO2S/c1-3-8(7-20-2)17-9-4-5-10(12(18)19)11(6-9)13(14,15)16/h4-6,8,17H,3,7H2,1-2H3,(H,18,19). The summed E-state index contributed by atoms with van der Waals surface area (Å²) in [6, 6.07) is 3.25. The van der Waals surface area contributed by atoms with Gasteiger partial charge < -0.3 is 10.4 Å².